The number of carbonyl (C=O) groups is 1. The lowest BCUT2D eigenvalue weighted by atomic mass is 10.1. The summed E-state index contributed by atoms with van der Waals surface area (Å²) < 4.78 is 5.33. The van der Waals surface area contributed by atoms with Crippen molar-refractivity contribution >= 4 is 17.3 Å². The second-order valence-electron chi connectivity index (χ2n) is 4.51. The largest absolute Gasteiger partial charge is 0.382 e. The second-order valence-corrected chi connectivity index (χ2v) is 4.51. The average molecular weight is 248 g/mol. The first kappa shape index (κ1) is 12.9. The van der Waals surface area contributed by atoms with Crippen LogP contribution in [0.2, 0.25) is 0 Å². The van der Waals surface area contributed by atoms with Crippen molar-refractivity contribution in [1.82, 2.24) is 0 Å². The molecule has 0 aromatic heterocycles. The van der Waals surface area contributed by atoms with Gasteiger partial charge < -0.3 is 15.4 Å². The van der Waals surface area contributed by atoms with E-state index in [-0.39, 0.29) is 5.91 Å². The van der Waals surface area contributed by atoms with Crippen LogP contribution in [0.3, 0.4) is 0 Å². The number of anilines is 2. The Morgan fingerprint density at radius 3 is 2.44 bits per heavy atom. The Bertz CT molecular complexity index is 383. The molecule has 1 aliphatic rings. The maximum absolute atomic E-state index is 11.2. The van der Waals surface area contributed by atoms with E-state index >= 15 is 0 Å². The number of hydrogen-bond acceptors (Lipinski definition) is 3. The Hall–Kier alpha value is -1.55. The van der Waals surface area contributed by atoms with Crippen molar-refractivity contribution in [1.29, 1.82) is 0 Å². The zero-order valence-corrected chi connectivity index (χ0v) is 10.7. The van der Waals surface area contributed by atoms with Crippen LogP contribution in [0.25, 0.3) is 0 Å². The third-order valence-electron chi connectivity index (χ3n) is 3.08. The van der Waals surface area contributed by atoms with Gasteiger partial charge in [-0.2, -0.15) is 0 Å². The van der Waals surface area contributed by atoms with Crippen molar-refractivity contribution in [2.75, 3.05) is 23.8 Å². The topological polar surface area (TPSA) is 50.4 Å². The Morgan fingerprint density at radius 2 is 1.83 bits per heavy atom. The number of rotatable bonds is 4. The molecule has 0 saturated carbocycles. The molecule has 2 rings (SSSR count). The van der Waals surface area contributed by atoms with Crippen LogP contribution in [0.5, 0.6) is 0 Å². The average Bonchev–Trinajstić information content (AvgIpc) is 2.42. The number of carbonyl (C=O) groups excluding carboxylic acids is 1. The summed E-state index contributed by atoms with van der Waals surface area (Å²) in [4.78, 5) is 11.2. The van der Waals surface area contributed by atoms with Gasteiger partial charge in [0.25, 0.3) is 0 Å². The first-order valence-electron chi connectivity index (χ1n) is 6.52. The number of ether oxygens (including phenoxy) is 1. The van der Waals surface area contributed by atoms with Crippen molar-refractivity contribution < 1.29 is 9.53 Å². The molecule has 0 bridgehead atoms. The Balaban J connectivity index is 1.88. The molecule has 2 N–H and O–H groups in total. The Morgan fingerprint density at radius 1 is 1.22 bits per heavy atom. The van der Waals surface area contributed by atoms with Crippen molar-refractivity contribution in [3.05, 3.63) is 24.3 Å². The molecule has 4 nitrogen and oxygen atoms in total. The summed E-state index contributed by atoms with van der Waals surface area (Å²) in [6.45, 7) is 3.51. The highest BCUT2D eigenvalue weighted by Gasteiger charge is 2.12. The SMILES string of the molecule is CCC(=O)Nc1ccc(NC2CCOCC2)cc1. The van der Waals surface area contributed by atoms with Gasteiger partial charge in [-0.3, -0.25) is 4.79 Å². The minimum Gasteiger partial charge on any atom is -0.382 e. The van der Waals surface area contributed by atoms with Gasteiger partial charge in [0.1, 0.15) is 0 Å². The van der Waals surface area contributed by atoms with Gasteiger partial charge in [-0.15, -0.1) is 0 Å². The molecule has 1 fully saturated rings. The fraction of sp³-hybridized carbons (Fsp3) is 0.500. The van der Waals surface area contributed by atoms with Crippen LogP contribution in [0, 0.1) is 0 Å². The van der Waals surface area contributed by atoms with Crippen LogP contribution < -0.4 is 10.6 Å². The predicted octanol–water partition coefficient (Wildman–Crippen LogP) is 2.63. The lowest BCUT2D eigenvalue weighted by Gasteiger charge is -2.24. The summed E-state index contributed by atoms with van der Waals surface area (Å²) in [7, 11) is 0. The van der Waals surface area contributed by atoms with Crippen molar-refractivity contribution in [2.24, 2.45) is 0 Å². The zero-order valence-electron chi connectivity index (χ0n) is 10.7. The molecule has 98 valence electrons. The molecule has 1 heterocycles. The molecule has 18 heavy (non-hydrogen) atoms. The molecule has 0 aliphatic carbocycles. The van der Waals surface area contributed by atoms with Gasteiger partial charge in [0.2, 0.25) is 5.91 Å². The molecule has 0 unspecified atom stereocenters. The third-order valence-corrected chi connectivity index (χ3v) is 3.08. The van der Waals surface area contributed by atoms with E-state index in [2.05, 4.69) is 10.6 Å². The van der Waals surface area contributed by atoms with E-state index in [0.717, 1.165) is 37.4 Å². The van der Waals surface area contributed by atoms with Crippen molar-refractivity contribution in [3.63, 3.8) is 0 Å². The van der Waals surface area contributed by atoms with Crippen LogP contribution in [0.4, 0.5) is 11.4 Å². The summed E-state index contributed by atoms with van der Waals surface area (Å²) >= 11 is 0. The van der Waals surface area contributed by atoms with Crippen LogP contribution in [0.1, 0.15) is 26.2 Å². The van der Waals surface area contributed by atoms with E-state index in [1.807, 2.05) is 31.2 Å². The molecule has 1 saturated heterocycles. The van der Waals surface area contributed by atoms with Gasteiger partial charge in [0, 0.05) is 37.1 Å². The lowest BCUT2D eigenvalue weighted by molar-refractivity contribution is -0.115. The highest BCUT2D eigenvalue weighted by molar-refractivity contribution is 5.90. The number of nitrogens with one attached hydrogen (secondary N) is 2. The van der Waals surface area contributed by atoms with E-state index < -0.39 is 0 Å². The molecule has 1 aromatic carbocycles. The van der Waals surface area contributed by atoms with Crippen molar-refractivity contribution in [2.45, 2.75) is 32.2 Å². The molecule has 4 heteroatoms. The monoisotopic (exact) mass is 248 g/mol. The number of amides is 1. The van der Waals surface area contributed by atoms with Crippen LogP contribution >= 0.6 is 0 Å². The lowest BCUT2D eigenvalue weighted by Crippen LogP contribution is -2.27. The minimum atomic E-state index is 0.0418. The fourth-order valence-corrected chi connectivity index (χ4v) is 1.98. The highest BCUT2D eigenvalue weighted by Crippen LogP contribution is 2.17. The van der Waals surface area contributed by atoms with E-state index in [4.69, 9.17) is 4.74 Å². The molecule has 1 aromatic rings. The first-order chi connectivity index (χ1) is 8.78. The maximum Gasteiger partial charge on any atom is 0.224 e. The molecule has 1 aliphatic heterocycles. The molecule has 0 radical (unpaired) electrons. The summed E-state index contributed by atoms with van der Waals surface area (Å²) in [5.41, 5.74) is 1.94. The zero-order chi connectivity index (χ0) is 12.8. The third kappa shape index (κ3) is 3.74. The minimum absolute atomic E-state index is 0.0418. The second kappa shape index (κ2) is 6.40. The van der Waals surface area contributed by atoms with Crippen molar-refractivity contribution in [3.8, 4) is 0 Å². The van der Waals surface area contributed by atoms with Gasteiger partial charge in [0.05, 0.1) is 0 Å². The molecule has 0 spiro atoms. The summed E-state index contributed by atoms with van der Waals surface area (Å²) in [6.07, 6.45) is 2.60. The van der Waals surface area contributed by atoms with E-state index in [0.29, 0.717) is 12.5 Å². The van der Waals surface area contributed by atoms with E-state index in [1.165, 1.54) is 0 Å². The van der Waals surface area contributed by atoms with Crippen LogP contribution in [0.15, 0.2) is 24.3 Å². The molecule has 1 amide bonds. The Kier molecular flexibility index (Phi) is 4.59. The van der Waals surface area contributed by atoms with Crippen LogP contribution in [-0.4, -0.2) is 25.2 Å². The van der Waals surface area contributed by atoms with Gasteiger partial charge in [-0.25, -0.2) is 0 Å². The first-order valence-corrected chi connectivity index (χ1v) is 6.52. The summed E-state index contributed by atoms with van der Waals surface area (Å²) in [5.74, 6) is 0.0418. The van der Waals surface area contributed by atoms with E-state index in [1.54, 1.807) is 0 Å². The molecule has 0 atom stereocenters. The van der Waals surface area contributed by atoms with Gasteiger partial charge in [-0.1, -0.05) is 6.92 Å². The normalized spacial score (nSPS) is 16.3. The highest BCUT2D eigenvalue weighted by atomic mass is 16.5. The molecular formula is C14H20N2O2. The number of benzene rings is 1. The van der Waals surface area contributed by atoms with E-state index in [9.17, 15) is 4.79 Å². The standard InChI is InChI=1S/C14H20N2O2/c1-2-14(17)16-12-5-3-11(4-6-12)15-13-7-9-18-10-8-13/h3-6,13,15H,2,7-10H2,1H3,(H,16,17). The summed E-state index contributed by atoms with van der Waals surface area (Å²) in [6, 6.07) is 8.35. The van der Waals surface area contributed by atoms with Gasteiger partial charge in [-0.05, 0) is 37.1 Å². The smallest absolute Gasteiger partial charge is 0.224 e. The van der Waals surface area contributed by atoms with Crippen LogP contribution in [-0.2, 0) is 9.53 Å². The van der Waals surface area contributed by atoms with Gasteiger partial charge in [0.15, 0.2) is 0 Å². The number of hydrogen-bond donors (Lipinski definition) is 2. The predicted molar refractivity (Wildman–Crippen MR) is 72.8 cm³/mol. The Labute approximate surface area is 108 Å². The fourth-order valence-electron chi connectivity index (χ4n) is 1.98. The quantitative estimate of drug-likeness (QED) is 0.861. The maximum atomic E-state index is 11.2. The molecular weight excluding hydrogens is 228 g/mol. The van der Waals surface area contributed by atoms with Gasteiger partial charge >= 0.3 is 0 Å². The summed E-state index contributed by atoms with van der Waals surface area (Å²) in [5, 5.41) is 6.32.